The van der Waals surface area contributed by atoms with Crippen molar-refractivity contribution < 1.29 is 0 Å². The molecule has 0 spiro atoms. The van der Waals surface area contributed by atoms with Crippen molar-refractivity contribution in [3.8, 4) is 22.9 Å². The molecule has 0 radical (unpaired) electrons. The van der Waals surface area contributed by atoms with E-state index in [-0.39, 0.29) is 0 Å². The minimum absolute atomic E-state index is 0.782. The molecule has 0 bridgehead atoms. The molecule has 8 aromatic rings. The van der Waals surface area contributed by atoms with Gasteiger partial charge in [0.2, 0.25) is 0 Å². The molecule has 4 heterocycles. The van der Waals surface area contributed by atoms with Gasteiger partial charge in [-0.1, -0.05) is 108 Å². The molecule has 7 heteroatoms. The quantitative estimate of drug-likeness (QED) is 0.115. The highest BCUT2D eigenvalue weighted by molar-refractivity contribution is 7.13. The highest BCUT2D eigenvalue weighted by atomic mass is 28.3. The third-order valence-electron chi connectivity index (χ3n) is 8.97. The molecule has 0 saturated heterocycles. The zero-order valence-corrected chi connectivity index (χ0v) is 30.8. The van der Waals surface area contributed by atoms with Gasteiger partial charge in [0.05, 0.1) is 0 Å². The van der Waals surface area contributed by atoms with Crippen LogP contribution in [0, 0.1) is 22.9 Å². The number of pyridine rings is 4. The van der Waals surface area contributed by atoms with E-state index in [9.17, 15) is 0 Å². The lowest BCUT2D eigenvalue weighted by Crippen LogP contribution is -2.57. The van der Waals surface area contributed by atoms with Crippen LogP contribution < -0.4 is 20.2 Å². The van der Waals surface area contributed by atoms with Crippen molar-refractivity contribution in [2.45, 2.75) is 0 Å². The van der Waals surface area contributed by atoms with Gasteiger partial charge < -0.3 is 0 Å². The second-order valence-corrected chi connectivity index (χ2v) is 15.7. The third kappa shape index (κ3) is 7.79. The second-order valence-electron chi connectivity index (χ2n) is 12.5. The average Bonchev–Trinajstić information content (AvgIpc) is 3.27. The largest absolute Gasteiger partial charge is 0.279 e. The van der Waals surface area contributed by atoms with Gasteiger partial charge >= 0.3 is 0 Å². The van der Waals surface area contributed by atoms with Gasteiger partial charge in [-0.2, -0.15) is 0 Å². The summed E-state index contributed by atoms with van der Waals surface area (Å²) in [6.45, 7) is 0. The lowest BCUT2D eigenvalue weighted by Gasteiger charge is -2.23. The summed E-state index contributed by atoms with van der Waals surface area (Å²) in [4.78, 5) is 22.5. The first-order valence-electron chi connectivity index (χ1n) is 17.9. The van der Waals surface area contributed by atoms with Gasteiger partial charge in [0, 0.05) is 47.3 Å². The monoisotopic (exact) mass is 722 g/mol. The number of rotatable bonds is 8. The molecular formula is C48H34N6Si. The van der Waals surface area contributed by atoms with E-state index in [1.807, 2.05) is 94.7 Å². The fraction of sp³-hybridized carbons (Fsp3) is 0. The predicted octanol–water partition coefficient (Wildman–Crippen LogP) is 8.95. The normalized spacial score (nSPS) is 10.6. The van der Waals surface area contributed by atoms with Crippen molar-refractivity contribution in [1.82, 2.24) is 19.9 Å². The summed E-state index contributed by atoms with van der Waals surface area (Å²) < 4.78 is 0. The minimum atomic E-state index is -2.98. The minimum Gasteiger partial charge on any atom is -0.279 e. The maximum Gasteiger partial charge on any atom is 0.276 e. The summed E-state index contributed by atoms with van der Waals surface area (Å²) in [6, 6.07) is 60.9. The van der Waals surface area contributed by atoms with Crippen LogP contribution in [0.4, 0.5) is 34.6 Å². The van der Waals surface area contributed by atoms with Crippen molar-refractivity contribution in [3.05, 3.63) is 218 Å². The number of hydrogen-bond donors (Lipinski definition) is 0. The van der Waals surface area contributed by atoms with Crippen molar-refractivity contribution in [3.63, 3.8) is 0 Å². The number of aromatic nitrogens is 4. The van der Waals surface area contributed by atoms with E-state index in [0.29, 0.717) is 0 Å². The molecule has 260 valence electrons. The SMILES string of the molecule is C(#C[Si](C#Cc1ccc(N(c2ccccn2)c2ccccn2)cc1)(c1ccccc1)c1ccccc1)c1ccc(N(c2ccccn2)c2ccccn2)cc1. The Labute approximate surface area is 322 Å². The lowest BCUT2D eigenvalue weighted by atomic mass is 10.2. The maximum atomic E-state index is 4.62. The Morgan fingerprint density at radius 1 is 0.327 bits per heavy atom. The molecule has 8 rings (SSSR count). The summed E-state index contributed by atoms with van der Waals surface area (Å²) in [7, 11) is -2.98. The van der Waals surface area contributed by atoms with Crippen LogP contribution >= 0.6 is 0 Å². The Kier molecular flexibility index (Phi) is 10.3. The maximum absolute atomic E-state index is 4.62. The first kappa shape index (κ1) is 34.5. The molecular weight excluding hydrogens is 689 g/mol. The average molecular weight is 723 g/mol. The second kappa shape index (κ2) is 16.4. The molecule has 0 N–H and O–H groups in total. The van der Waals surface area contributed by atoms with Gasteiger partial charge in [0.1, 0.15) is 23.3 Å². The van der Waals surface area contributed by atoms with Crippen LogP contribution in [-0.2, 0) is 0 Å². The van der Waals surface area contributed by atoms with E-state index >= 15 is 0 Å². The summed E-state index contributed by atoms with van der Waals surface area (Å²) in [5.74, 6) is 10.3. The van der Waals surface area contributed by atoms with E-state index in [1.165, 1.54) is 0 Å². The molecule has 4 aromatic carbocycles. The highest BCUT2D eigenvalue weighted by Gasteiger charge is 2.35. The van der Waals surface area contributed by atoms with Gasteiger partial charge in [0.25, 0.3) is 8.07 Å². The van der Waals surface area contributed by atoms with Crippen LogP contribution in [0.2, 0.25) is 0 Å². The van der Waals surface area contributed by atoms with E-state index < -0.39 is 8.07 Å². The predicted molar refractivity (Wildman–Crippen MR) is 225 cm³/mol. The van der Waals surface area contributed by atoms with Gasteiger partial charge in [0.15, 0.2) is 0 Å². The molecule has 0 atom stereocenters. The van der Waals surface area contributed by atoms with Crippen molar-refractivity contribution >= 4 is 53.1 Å². The molecule has 0 aliphatic carbocycles. The fourth-order valence-corrected chi connectivity index (χ4v) is 9.31. The van der Waals surface area contributed by atoms with Crippen LogP contribution in [0.5, 0.6) is 0 Å². The first-order chi connectivity index (χ1) is 27.3. The van der Waals surface area contributed by atoms with Gasteiger partial charge in [-0.15, -0.1) is 0 Å². The van der Waals surface area contributed by atoms with Gasteiger partial charge in [-0.05, 0) is 107 Å². The Balaban J connectivity index is 1.18. The molecule has 0 amide bonds. The number of benzene rings is 4. The molecule has 0 aliphatic rings. The van der Waals surface area contributed by atoms with Crippen LogP contribution in [0.1, 0.15) is 11.1 Å². The van der Waals surface area contributed by atoms with Gasteiger partial charge in [-0.3, -0.25) is 9.80 Å². The topological polar surface area (TPSA) is 58.0 Å². The lowest BCUT2D eigenvalue weighted by molar-refractivity contribution is 1.12. The summed E-state index contributed by atoms with van der Waals surface area (Å²) in [6.07, 6.45) is 7.15. The summed E-state index contributed by atoms with van der Waals surface area (Å²) >= 11 is 0. The Morgan fingerprint density at radius 3 is 0.927 bits per heavy atom. The molecule has 0 aliphatic heterocycles. The van der Waals surface area contributed by atoms with Crippen LogP contribution in [-0.4, -0.2) is 28.0 Å². The van der Waals surface area contributed by atoms with E-state index in [4.69, 9.17) is 0 Å². The van der Waals surface area contributed by atoms with Crippen molar-refractivity contribution in [2.24, 2.45) is 0 Å². The molecule has 55 heavy (non-hydrogen) atoms. The zero-order chi connectivity index (χ0) is 37.1. The zero-order valence-electron chi connectivity index (χ0n) is 29.8. The number of anilines is 6. The fourth-order valence-electron chi connectivity index (χ4n) is 6.29. The van der Waals surface area contributed by atoms with E-state index in [1.54, 1.807) is 24.8 Å². The van der Waals surface area contributed by atoms with E-state index in [0.717, 1.165) is 56.1 Å². The Bertz CT molecular complexity index is 2300. The third-order valence-corrected chi connectivity index (χ3v) is 12.4. The Morgan fingerprint density at radius 2 is 0.636 bits per heavy atom. The number of hydrogen-bond acceptors (Lipinski definition) is 6. The molecule has 0 saturated carbocycles. The molecule has 0 unspecified atom stereocenters. The van der Waals surface area contributed by atoms with Crippen LogP contribution in [0.15, 0.2) is 207 Å². The number of nitrogens with zero attached hydrogens (tertiary/aromatic N) is 6. The first-order valence-corrected chi connectivity index (χ1v) is 19.9. The summed E-state index contributed by atoms with van der Waals surface area (Å²) in [5, 5.41) is 2.25. The summed E-state index contributed by atoms with van der Waals surface area (Å²) in [5.41, 5.74) is 11.2. The van der Waals surface area contributed by atoms with Gasteiger partial charge in [-0.25, -0.2) is 19.9 Å². The molecule has 0 fully saturated rings. The Hall–Kier alpha value is -7.58. The van der Waals surface area contributed by atoms with Crippen molar-refractivity contribution in [1.29, 1.82) is 0 Å². The van der Waals surface area contributed by atoms with Crippen LogP contribution in [0.3, 0.4) is 0 Å². The molecule has 4 aromatic heterocycles. The highest BCUT2D eigenvalue weighted by Crippen LogP contribution is 2.32. The standard InChI is InChI=1S/C48H34N6Si/c1-3-15-43(16-4-1)55(44-17-5-2-6-18-44,37-31-39-23-27-41(28-24-39)53(45-19-7-11-33-49-45)46-20-8-12-34-50-46)38-32-40-25-29-42(30-26-40)54(47-21-9-13-35-51-47)48-22-10-14-36-52-48/h1-30,33-36H. The smallest absolute Gasteiger partial charge is 0.276 e. The van der Waals surface area contributed by atoms with Crippen LogP contribution in [0.25, 0.3) is 0 Å². The van der Waals surface area contributed by atoms with Crippen molar-refractivity contribution in [2.75, 3.05) is 9.80 Å². The molecule has 6 nitrogen and oxygen atoms in total. The van der Waals surface area contributed by atoms with E-state index in [2.05, 4.69) is 140 Å².